The topological polar surface area (TPSA) is 36.8 Å². The van der Waals surface area contributed by atoms with Crippen LogP contribution in [0.2, 0.25) is 0 Å². The maximum absolute atomic E-state index is 9.46. The van der Waals surface area contributed by atoms with E-state index >= 15 is 0 Å². The molecule has 70 heavy (non-hydrogen) atoms. The smallest absolute Gasteiger partial charge is 0.313 e. The van der Waals surface area contributed by atoms with Crippen LogP contribution in [0.3, 0.4) is 0 Å². The molecule has 0 saturated carbocycles. The fraction of sp³-hybridized carbons (Fsp3) is 0.194. The Morgan fingerprint density at radius 2 is 1.46 bits per heavy atom. The quantitative estimate of drug-likeness (QED) is 0.117. The number of rotatable bonds is 7. The summed E-state index contributed by atoms with van der Waals surface area (Å²) in [6, 6.07) is 42.8. The molecule has 0 spiro atoms. The second-order valence-corrected chi connectivity index (χ2v) is 20.9. The van der Waals surface area contributed by atoms with Crippen molar-refractivity contribution in [2.45, 2.75) is 77.6 Å². The zero-order chi connectivity index (χ0) is 51.6. The summed E-state index contributed by atoms with van der Waals surface area (Å²) in [5.41, 5.74) is 11.1. The van der Waals surface area contributed by atoms with E-state index in [0.29, 0.717) is 28.6 Å². The average Bonchev–Trinajstić information content (AvgIpc) is 3.96. The fourth-order valence-electron chi connectivity index (χ4n) is 10.6. The van der Waals surface area contributed by atoms with E-state index in [-0.39, 0.29) is 61.8 Å². The summed E-state index contributed by atoms with van der Waals surface area (Å²) in [5, 5.41) is 2.13. The second kappa shape index (κ2) is 17.2. The van der Waals surface area contributed by atoms with Gasteiger partial charge < -0.3 is 23.9 Å². The van der Waals surface area contributed by atoms with Crippen LogP contribution in [0.4, 0.5) is 17.1 Å². The SMILES string of the molecule is [2H]c1c([2H])c([2H])c(C2=C(N3[CH-]N(c4[c-]c(Oc5[c-]c6c(cc5)c5ccccc5n6-c5cc(C(C)(C)C)ccn5)ccc4)c4ccccc43)C(c3ccc4c(c3)C(C)(C)CCC4(C)C)=CB3C=CC=CN32)c([2H])c1[2H].[Pt]. The van der Waals surface area contributed by atoms with Crippen LogP contribution in [-0.4, -0.2) is 21.2 Å². The first-order valence-electron chi connectivity index (χ1n) is 26.4. The number of hydrogen-bond donors (Lipinski definition) is 0. The molecule has 3 aliphatic heterocycles. The molecule has 8 aromatic rings. The molecule has 8 heteroatoms. The molecule has 5 heterocycles. The van der Waals surface area contributed by atoms with Crippen molar-refractivity contribution in [3.05, 3.63) is 228 Å². The predicted molar refractivity (Wildman–Crippen MR) is 286 cm³/mol. The summed E-state index contributed by atoms with van der Waals surface area (Å²) in [4.78, 5) is 11.1. The maximum Gasteiger partial charge on any atom is 0.313 e. The van der Waals surface area contributed by atoms with E-state index in [4.69, 9.17) is 13.8 Å². The molecular formula is C62H55BN5OPt-3. The van der Waals surface area contributed by atoms with E-state index in [1.54, 1.807) is 0 Å². The molecule has 0 N–H and O–H groups in total. The van der Waals surface area contributed by atoms with E-state index in [1.165, 1.54) is 16.7 Å². The van der Waals surface area contributed by atoms with Crippen LogP contribution in [-0.2, 0) is 37.3 Å². The summed E-state index contributed by atoms with van der Waals surface area (Å²) in [5.74, 6) is 6.14. The monoisotopic (exact) mass is 1100 g/mol. The van der Waals surface area contributed by atoms with E-state index in [2.05, 4.69) is 154 Å². The van der Waals surface area contributed by atoms with Gasteiger partial charge in [-0.1, -0.05) is 151 Å². The standard InChI is InChI=1S/C62H55BN5O.Pt/c1-60(2,3)44-30-34-64-57(37-44)68-53-23-12-11-22-48(53)49-28-27-47(39-56(49)68)69-46-21-17-20-45(38-46)65-41-66(55-25-14-13-24-54(55)65)59-50(43-26-29-51-52(36-43)62(6,7)32-31-61(51,4)5)40-63-33-15-16-35-67(63)58(59)42-18-9-8-10-19-42;/h8-30,33-37,40-41H,31-32H2,1-7H3;/q-3;/i8D,9D,10D,18D,19D;. The molecule has 2 aromatic heterocycles. The molecule has 4 aliphatic rings. The van der Waals surface area contributed by atoms with Crippen LogP contribution >= 0.6 is 0 Å². The first-order valence-corrected chi connectivity index (χ1v) is 23.9. The minimum absolute atomic E-state index is 0. The number of para-hydroxylation sites is 3. The molecule has 6 aromatic carbocycles. The zero-order valence-electron chi connectivity index (χ0n) is 45.4. The van der Waals surface area contributed by atoms with Gasteiger partial charge in [-0.15, -0.1) is 48.1 Å². The van der Waals surface area contributed by atoms with Gasteiger partial charge in [-0.3, -0.25) is 0 Å². The largest absolute Gasteiger partial charge is 0.509 e. The summed E-state index contributed by atoms with van der Waals surface area (Å²) in [6.45, 7) is 17.6. The minimum Gasteiger partial charge on any atom is -0.509 e. The Kier molecular flexibility index (Phi) is 9.85. The van der Waals surface area contributed by atoms with Crippen molar-refractivity contribution in [2.75, 3.05) is 9.80 Å². The van der Waals surface area contributed by atoms with Gasteiger partial charge in [0.1, 0.15) is 5.82 Å². The third kappa shape index (κ3) is 7.74. The van der Waals surface area contributed by atoms with E-state index in [9.17, 15) is 2.74 Å². The molecule has 1 aliphatic carbocycles. The number of anilines is 3. The van der Waals surface area contributed by atoms with Crippen molar-refractivity contribution in [1.29, 1.82) is 0 Å². The average molecular weight is 1100 g/mol. The van der Waals surface area contributed by atoms with Gasteiger partial charge in [0.15, 0.2) is 0 Å². The van der Waals surface area contributed by atoms with Gasteiger partial charge in [0.25, 0.3) is 0 Å². The molecule has 0 amide bonds. The minimum atomic E-state index is -0.438. The Bertz CT molecular complexity index is 3770. The van der Waals surface area contributed by atoms with Crippen LogP contribution in [0, 0.1) is 18.8 Å². The number of nitrogens with zero attached hydrogens (tertiary/aromatic N) is 5. The predicted octanol–water partition coefficient (Wildman–Crippen LogP) is 15.2. The van der Waals surface area contributed by atoms with Crippen LogP contribution in [0.5, 0.6) is 11.5 Å². The Hall–Kier alpha value is -6.82. The molecule has 0 atom stereocenters. The van der Waals surface area contributed by atoms with Gasteiger partial charge in [-0.25, -0.2) is 4.98 Å². The number of hydrogen-bond acceptors (Lipinski definition) is 5. The van der Waals surface area contributed by atoms with E-state index in [0.717, 1.165) is 63.0 Å². The van der Waals surface area contributed by atoms with Gasteiger partial charge in [0, 0.05) is 61.3 Å². The number of ether oxygens (including phenoxy) is 1. The fourth-order valence-corrected chi connectivity index (χ4v) is 10.6. The molecule has 350 valence electrons. The Labute approximate surface area is 434 Å². The maximum atomic E-state index is 9.46. The Balaban J connectivity index is 0.00000602. The van der Waals surface area contributed by atoms with Gasteiger partial charge in [-0.05, 0) is 110 Å². The van der Waals surface area contributed by atoms with E-state index in [1.807, 2.05) is 78.5 Å². The summed E-state index contributed by atoms with van der Waals surface area (Å²) >= 11 is 0. The number of pyridine rings is 1. The Morgan fingerprint density at radius 3 is 2.26 bits per heavy atom. The van der Waals surface area contributed by atoms with Crippen molar-refractivity contribution in [3.8, 4) is 17.3 Å². The number of benzene rings is 6. The third-order valence-corrected chi connectivity index (χ3v) is 14.5. The molecular weight excluding hydrogens is 1040 g/mol. The second-order valence-electron chi connectivity index (χ2n) is 20.9. The first kappa shape index (κ1) is 40.0. The van der Waals surface area contributed by atoms with Gasteiger partial charge >= 0.3 is 6.85 Å². The summed E-state index contributed by atoms with van der Waals surface area (Å²) in [7, 11) is 0. The van der Waals surface area contributed by atoms with Gasteiger partial charge in [0.05, 0.1) is 12.6 Å². The number of aromatic nitrogens is 2. The Morgan fingerprint density at radius 1 is 0.714 bits per heavy atom. The van der Waals surface area contributed by atoms with Gasteiger partial charge in [0.2, 0.25) is 0 Å². The van der Waals surface area contributed by atoms with Crippen LogP contribution < -0.4 is 14.5 Å². The molecule has 0 saturated heterocycles. The van der Waals surface area contributed by atoms with Crippen LogP contribution in [0.15, 0.2) is 182 Å². The number of fused-ring (bicyclic) bond motifs is 6. The van der Waals surface area contributed by atoms with E-state index < -0.39 is 18.1 Å². The third-order valence-electron chi connectivity index (χ3n) is 14.5. The zero-order valence-corrected chi connectivity index (χ0v) is 42.7. The molecule has 0 unspecified atom stereocenters. The van der Waals surface area contributed by atoms with Crippen molar-refractivity contribution in [1.82, 2.24) is 14.4 Å². The molecule has 0 fully saturated rings. The first-order chi connectivity index (χ1) is 35.4. The van der Waals surface area contributed by atoms with Crippen molar-refractivity contribution in [3.63, 3.8) is 0 Å². The molecule has 12 rings (SSSR count). The molecule has 0 bridgehead atoms. The number of allylic oxidation sites excluding steroid dienone is 3. The van der Waals surface area contributed by atoms with Crippen molar-refractivity contribution in [2.24, 2.45) is 0 Å². The molecule has 0 radical (unpaired) electrons. The van der Waals surface area contributed by atoms with Gasteiger partial charge in [-0.2, -0.15) is 12.1 Å². The van der Waals surface area contributed by atoms with Crippen LogP contribution in [0.1, 0.15) is 96.0 Å². The van der Waals surface area contributed by atoms with Crippen molar-refractivity contribution >= 4 is 57.0 Å². The normalized spacial score (nSPS) is 17.8. The summed E-state index contributed by atoms with van der Waals surface area (Å²) < 4.78 is 54.2. The van der Waals surface area contributed by atoms with Crippen LogP contribution in [0.25, 0.3) is 38.9 Å². The van der Waals surface area contributed by atoms with Crippen molar-refractivity contribution < 1.29 is 32.7 Å². The summed E-state index contributed by atoms with van der Waals surface area (Å²) in [6.07, 6.45) is 9.86. The molecule has 6 nitrogen and oxygen atoms in total.